The summed E-state index contributed by atoms with van der Waals surface area (Å²) in [5.74, 6) is -3.07. The number of carboxylic acid groups (broad SMARTS) is 1. The average molecular weight is 564 g/mol. The molecular formula is C33H39F2N3O3. The molecule has 3 aromatic rings. The number of carbonyl (C=O) groups is 2. The van der Waals surface area contributed by atoms with Crippen molar-refractivity contribution < 1.29 is 23.5 Å². The largest absolute Gasteiger partial charge is 0.480 e. The third kappa shape index (κ3) is 6.14. The molecule has 3 aromatic carbocycles. The molecule has 0 radical (unpaired) electrons. The van der Waals surface area contributed by atoms with E-state index in [1.165, 1.54) is 12.1 Å². The number of hydrogen-bond acceptors (Lipinski definition) is 4. The van der Waals surface area contributed by atoms with Gasteiger partial charge in [0.25, 0.3) is 0 Å². The highest BCUT2D eigenvalue weighted by atomic mass is 19.1. The maximum atomic E-state index is 14.9. The van der Waals surface area contributed by atoms with Gasteiger partial charge in [-0.25, -0.2) is 8.78 Å². The zero-order chi connectivity index (χ0) is 29.5. The van der Waals surface area contributed by atoms with E-state index in [1.54, 1.807) is 0 Å². The van der Waals surface area contributed by atoms with Crippen molar-refractivity contribution in [1.29, 1.82) is 0 Å². The highest BCUT2D eigenvalue weighted by Gasteiger charge is 2.46. The fraction of sp³-hybridized carbons (Fsp3) is 0.455. The number of aliphatic carboxylic acids is 1. The Kier molecular flexibility index (Phi) is 8.17. The molecule has 0 saturated carbocycles. The molecule has 2 saturated heterocycles. The molecule has 8 heteroatoms. The lowest BCUT2D eigenvalue weighted by atomic mass is 9.87. The fourth-order valence-corrected chi connectivity index (χ4v) is 6.49. The molecule has 41 heavy (non-hydrogen) atoms. The number of hydrogen-bond donors (Lipinski definition) is 1. The summed E-state index contributed by atoms with van der Waals surface area (Å²) in [5, 5.41) is 12.3. The Morgan fingerprint density at radius 1 is 0.951 bits per heavy atom. The van der Waals surface area contributed by atoms with Gasteiger partial charge in [-0.15, -0.1) is 0 Å². The second-order valence-corrected chi connectivity index (χ2v) is 12.6. The molecule has 2 aliphatic heterocycles. The van der Waals surface area contributed by atoms with Gasteiger partial charge in [0.1, 0.15) is 17.7 Å². The molecule has 1 amide bonds. The summed E-state index contributed by atoms with van der Waals surface area (Å²) in [6, 6.07) is 16.7. The molecule has 1 N–H and O–H groups in total. The normalized spacial score (nSPS) is 23.2. The van der Waals surface area contributed by atoms with Crippen LogP contribution in [0.1, 0.15) is 44.7 Å². The molecule has 0 unspecified atom stereocenters. The Hall–Kier alpha value is -3.36. The van der Waals surface area contributed by atoms with Crippen LogP contribution in [0.3, 0.4) is 0 Å². The Labute approximate surface area is 240 Å². The fourth-order valence-electron chi connectivity index (χ4n) is 6.49. The van der Waals surface area contributed by atoms with Gasteiger partial charge in [0.15, 0.2) is 0 Å². The van der Waals surface area contributed by atoms with Crippen molar-refractivity contribution in [2.75, 3.05) is 32.7 Å². The van der Waals surface area contributed by atoms with E-state index in [0.29, 0.717) is 44.7 Å². The number of rotatable bonds is 6. The van der Waals surface area contributed by atoms with Gasteiger partial charge in [-0.3, -0.25) is 19.4 Å². The van der Waals surface area contributed by atoms with Gasteiger partial charge in [0.05, 0.1) is 5.92 Å². The Morgan fingerprint density at radius 2 is 1.68 bits per heavy atom. The van der Waals surface area contributed by atoms with Crippen LogP contribution in [-0.2, 0) is 16.0 Å². The SMILES string of the molecule is C[C@H]1CN([C@@H](Cc2ccc3ccccc3c2)C(=O)O)CCN1C(=O)[C@@H]1CN(C(C)(C)C)C[C@H]1c1ccc(F)cc1F. The average Bonchev–Trinajstić information content (AvgIpc) is 3.37. The second kappa shape index (κ2) is 11.5. The number of benzene rings is 3. The number of carboxylic acids is 1. The predicted octanol–water partition coefficient (Wildman–Crippen LogP) is 5.16. The monoisotopic (exact) mass is 563 g/mol. The molecule has 0 aliphatic carbocycles. The van der Waals surface area contributed by atoms with Crippen LogP contribution in [0.15, 0.2) is 60.7 Å². The van der Waals surface area contributed by atoms with E-state index < -0.39 is 35.5 Å². The van der Waals surface area contributed by atoms with Gasteiger partial charge in [-0.1, -0.05) is 48.5 Å². The summed E-state index contributed by atoms with van der Waals surface area (Å²) in [7, 11) is 0. The molecule has 6 nitrogen and oxygen atoms in total. The summed E-state index contributed by atoms with van der Waals surface area (Å²) in [5.41, 5.74) is 1.11. The highest BCUT2D eigenvalue weighted by molar-refractivity contribution is 5.83. The Balaban J connectivity index is 1.32. The van der Waals surface area contributed by atoms with Crippen LogP contribution in [0.2, 0.25) is 0 Å². The number of nitrogens with zero attached hydrogens (tertiary/aromatic N) is 3. The lowest BCUT2D eigenvalue weighted by molar-refractivity contribution is -0.147. The minimum Gasteiger partial charge on any atom is -0.480 e. The van der Waals surface area contributed by atoms with Crippen molar-refractivity contribution in [3.63, 3.8) is 0 Å². The van der Waals surface area contributed by atoms with Crippen LogP contribution in [-0.4, -0.2) is 82.0 Å². The number of piperazine rings is 1. The summed E-state index contributed by atoms with van der Waals surface area (Å²) >= 11 is 0. The van der Waals surface area contributed by atoms with Crippen molar-refractivity contribution in [2.24, 2.45) is 5.92 Å². The van der Waals surface area contributed by atoms with E-state index in [4.69, 9.17) is 0 Å². The number of fused-ring (bicyclic) bond motifs is 1. The maximum Gasteiger partial charge on any atom is 0.321 e. The molecule has 2 fully saturated rings. The third-order valence-corrected chi connectivity index (χ3v) is 8.86. The number of halogens is 2. The highest BCUT2D eigenvalue weighted by Crippen LogP contribution is 2.39. The lowest BCUT2D eigenvalue weighted by Crippen LogP contribution is -2.59. The van der Waals surface area contributed by atoms with E-state index >= 15 is 0 Å². The molecule has 5 rings (SSSR count). The topological polar surface area (TPSA) is 64.1 Å². The molecule has 2 heterocycles. The quantitative estimate of drug-likeness (QED) is 0.449. The molecule has 2 aliphatic rings. The van der Waals surface area contributed by atoms with Gasteiger partial charge in [0.2, 0.25) is 5.91 Å². The van der Waals surface area contributed by atoms with Crippen LogP contribution >= 0.6 is 0 Å². The molecule has 4 atom stereocenters. The third-order valence-electron chi connectivity index (χ3n) is 8.86. The molecular weight excluding hydrogens is 524 g/mol. The van der Waals surface area contributed by atoms with Crippen LogP contribution < -0.4 is 0 Å². The standard InChI is InChI=1S/C33H39F2N3O3/c1-21-18-36(30(32(40)41)16-22-9-10-23-7-5-6-8-24(23)15-22)13-14-38(21)31(39)28-20-37(33(2,3)4)19-27(28)26-12-11-25(34)17-29(26)35/h5-12,15,17,21,27-28,30H,13-14,16,18-20H2,1-4H3,(H,40,41)/t21-,27-,28+,30-/m0/s1. The van der Waals surface area contributed by atoms with Crippen molar-refractivity contribution in [2.45, 2.75) is 57.7 Å². The van der Waals surface area contributed by atoms with Crippen LogP contribution in [0.4, 0.5) is 8.78 Å². The first kappa shape index (κ1) is 29.1. The van der Waals surface area contributed by atoms with Gasteiger partial charge >= 0.3 is 5.97 Å². The summed E-state index contributed by atoms with van der Waals surface area (Å²) < 4.78 is 28.6. The summed E-state index contributed by atoms with van der Waals surface area (Å²) in [4.78, 5) is 32.4. The minimum absolute atomic E-state index is 0.0565. The van der Waals surface area contributed by atoms with E-state index in [0.717, 1.165) is 22.4 Å². The second-order valence-electron chi connectivity index (χ2n) is 12.6. The van der Waals surface area contributed by atoms with Gasteiger partial charge < -0.3 is 10.0 Å². The van der Waals surface area contributed by atoms with Crippen LogP contribution in [0.25, 0.3) is 10.8 Å². The first-order valence-corrected chi connectivity index (χ1v) is 14.4. The lowest BCUT2D eigenvalue weighted by Gasteiger charge is -2.43. The van der Waals surface area contributed by atoms with Gasteiger partial charge in [-0.2, -0.15) is 0 Å². The van der Waals surface area contributed by atoms with Crippen molar-refractivity contribution in [1.82, 2.24) is 14.7 Å². The molecule has 0 aromatic heterocycles. The first-order chi connectivity index (χ1) is 19.4. The van der Waals surface area contributed by atoms with Crippen LogP contribution in [0.5, 0.6) is 0 Å². The van der Waals surface area contributed by atoms with E-state index in [-0.39, 0.29) is 17.5 Å². The molecule has 0 bridgehead atoms. The first-order valence-electron chi connectivity index (χ1n) is 14.4. The molecule has 0 spiro atoms. The maximum absolute atomic E-state index is 14.9. The Bertz CT molecular complexity index is 1440. The molecule has 218 valence electrons. The summed E-state index contributed by atoms with van der Waals surface area (Å²) in [6.07, 6.45) is 0.371. The van der Waals surface area contributed by atoms with Gasteiger partial charge in [-0.05, 0) is 62.1 Å². The number of amides is 1. The summed E-state index contributed by atoms with van der Waals surface area (Å²) in [6.45, 7) is 10.4. The van der Waals surface area contributed by atoms with Gasteiger partial charge in [0, 0.05) is 56.3 Å². The zero-order valence-corrected chi connectivity index (χ0v) is 24.2. The Morgan fingerprint density at radius 3 is 2.34 bits per heavy atom. The van der Waals surface area contributed by atoms with Crippen LogP contribution in [0, 0.1) is 17.6 Å². The van der Waals surface area contributed by atoms with Crippen molar-refractivity contribution in [3.8, 4) is 0 Å². The smallest absolute Gasteiger partial charge is 0.321 e. The van der Waals surface area contributed by atoms with Crippen molar-refractivity contribution in [3.05, 3.63) is 83.4 Å². The minimum atomic E-state index is -0.881. The number of likely N-dealkylation sites (tertiary alicyclic amines) is 1. The van der Waals surface area contributed by atoms with E-state index in [1.807, 2.05) is 59.2 Å². The zero-order valence-electron chi connectivity index (χ0n) is 24.2. The predicted molar refractivity (Wildman–Crippen MR) is 156 cm³/mol. The number of carbonyl (C=O) groups excluding carboxylic acids is 1. The van der Waals surface area contributed by atoms with E-state index in [2.05, 4.69) is 25.7 Å². The van der Waals surface area contributed by atoms with E-state index in [9.17, 15) is 23.5 Å². The van der Waals surface area contributed by atoms with Crippen molar-refractivity contribution >= 4 is 22.6 Å².